The lowest BCUT2D eigenvalue weighted by molar-refractivity contribution is -0.151. The molecular weight excluding hydrogens is 233 g/mol. The van der Waals surface area contributed by atoms with Crippen molar-refractivity contribution in [2.45, 2.75) is 19.0 Å². The monoisotopic (exact) mass is 244 g/mol. The van der Waals surface area contributed by atoms with Crippen LogP contribution >= 0.6 is 0 Å². The number of anilines is 2. The van der Waals surface area contributed by atoms with E-state index in [1.165, 1.54) is 4.90 Å². The Morgan fingerprint density at radius 1 is 1.41 bits per heavy atom. The van der Waals surface area contributed by atoms with Gasteiger partial charge >= 0.3 is 6.18 Å². The van der Waals surface area contributed by atoms with Gasteiger partial charge in [0.15, 0.2) is 0 Å². The molecule has 0 fully saturated rings. The highest BCUT2D eigenvalue weighted by Gasteiger charge is 2.35. The van der Waals surface area contributed by atoms with E-state index in [0.29, 0.717) is 17.8 Å². The third-order valence-electron chi connectivity index (χ3n) is 2.65. The Morgan fingerprint density at radius 2 is 2.12 bits per heavy atom. The summed E-state index contributed by atoms with van der Waals surface area (Å²) in [6.45, 7) is 0.285. The third-order valence-corrected chi connectivity index (χ3v) is 2.65. The number of fused-ring (bicyclic) bond motifs is 1. The minimum absolute atomic E-state index is 0.285. The van der Waals surface area contributed by atoms with Crippen molar-refractivity contribution in [1.82, 2.24) is 0 Å². The van der Waals surface area contributed by atoms with Crippen LogP contribution in [0.25, 0.3) is 0 Å². The molecule has 1 heterocycles. The molecule has 0 aliphatic carbocycles. The van der Waals surface area contributed by atoms with Crippen molar-refractivity contribution in [3.8, 4) is 0 Å². The average molecular weight is 244 g/mol. The number of carbonyl (C=O) groups is 1. The van der Waals surface area contributed by atoms with Crippen LogP contribution < -0.4 is 10.6 Å². The number of rotatable bonds is 1. The van der Waals surface area contributed by atoms with Gasteiger partial charge in [0.1, 0.15) is 6.42 Å². The van der Waals surface area contributed by atoms with Gasteiger partial charge in [0, 0.05) is 17.9 Å². The molecule has 0 bridgehead atoms. The molecule has 1 aliphatic heterocycles. The van der Waals surface area contributed by atoms with E-state index in [1.807, 2.05) is 0 Å². The molecule has 2 rings (SSSR count). The van der Waals surface area contributed by atoms with Gasteiger partial charge in [-0.2, -0.15) is 13.2 Å². The fraction of sp³-hybridized carbons (Fsp3) is 0.364. The van der Waals surface area contributed by atoms with E-state index in [9.17, 15) is 18.0 Å². The Balaban J connectivity index is 2.20. The van der Waals surface area contributed by atoms with Crippen molar-refractivity contribution in [3.63, 3.8) is 0 Å². The molecule has 0 saturated carbocycles. The van der Waals surface area contributed by atoms with Crippen LogP contribution in [0.3, 0.4) is 0 Å². The molecule has 0 aromatic heterocycles. The zero-order valence-electron chi connectivity index (χ0n) is 8.92. The van der Waals surface area contributed by atoms with Crippen molar-refractivity contribution in [1.29, 1.82) is 0 Å². The van der Waals surface area contributed by atoms with Crippen LogP contribution in [-0.2, 0) is 11.2 Å². The summed E-state index contributed by atoms with van der Waals surface area (Å²) in [5.41, 5.74) is 7.48. The molecule has 3 nitrogen and oxygen atoms in total. The second kappa shape index (κ2) is 3.94. The lowest BCUT2D eigenvalue weighted by Crippen LogP contribution is -2.32. The molecule has 1 amide bonds. The zero-order valence-corrected chi connectivity index (χ0v) is 8.92. The molecule has 92 valence electrons. The van der Waals surface area contributed by atoms with Crippen LogP contribution in [0, 0.1) is 0 Å². The van der Waals surface area contributed by atoms with Gasteiger partial charge < -0.3 is 10.6 Å². The van der Waals surface area contributed by atoms with Crippen LogP contribution in [0.2, 0.25) is 0 Å². The molecule has 6 heteroatoms. The predicted octanol–water partition coefficient (Wildman–Crippen LogP) is 2.11. The summed E-state index contributed by atoms with van der Waals surface area (Å²) in [5.74, 6) is -0.916. The maximum Gasteiger partial charge on any atom is 0.397 e. The normalized spacial score (nSPS) is 14.9. The molecule has 1 aliphatic rings. The molecule has 0 radical (unpaired) electrons. The number of nitrogens with zero attached hydrogens (tertiary/aromatic N) is 1. The van der Waals surface area contributed by atoms with Crippen molar-refractivity contribution in [3.05, 3.63) is 23.8 Å². The molecule has 1 aromatic rings. The summed E-state index contributed by atoms with van der Waals surface area (Å²) in [6, 6.07) is 4.86. The second-order valence-corrected chi connectivity index (χ2v) is 3.98. The highest BCUT2D eigenvalue weighted by molar-refractivity contribution is 5.96. The summed E-state index contributed by atoms with van der Waals surface area (Å²) in [5, 5.41) is 0. The summed E-state index contributed by atoms with van der Waals surface area (Å²) < 4.78 is 36.4. The van der Waals surface area contributed by atoms with E-state index in [0.717, 1.165) is 5.56 Å². The number of benzene rings is 1. The van der Waals surface area contributed by atoms with Gasteiger partial charge in [-0.3, -0.25) is 4.79 Å². The minimum atomic E-state index is -4.46. The predicted molar refractivity (Wildman–Crippen MR) is 57.6 cm³/mol. The summed E-state index contributed by atoms with van der Waals surface area (Å²) in [4.78, 5) is 12.7. The molecule has 0 atom stereocenters. The summed E-state index contributed by atoms with van der Waals surface area (Å²) in [6.07, 6.45) is -5.34. The Kier molecular flexibility index (Phi) is 2.73. The number of hydrogen-bond donors (Lipinski definition) is 1. The molecule has 0 saturated heterocycles. The number of hydrogen-bond acceptors (Lipinski definition) is 2. The number of nitrogens with two attached hydrogens (primary N) is 1. The van der Waals surface area contributed by atoms with Gasteiger partial charge in [-0.1, -0.05) is 0 Å². The topological polar surface area (TPSA) is 46.3 Å². The average Bonchev–Trinajstić information content (AvgIpc) is 2.57. The van der Waals surface area contributed by atoms with E-state index in [4.69, 9.17) is 5.73 Å². The molecule has 17 heavy (non-hydrogen) atoms. The van der Waals surface area contributed by atoms with Crippen LogP contribution in [-0.4, -0.2) is 18.6 Å². The number of alkyl halides is 3. The maximum absolute atomic E-state index is 12.1. The number of nitrogen functional groups attached to an aromatic ring is 1. The first-order valence-electron chi connectivity index (χ1n) is 5.12. The Labute approximate surface area is 96.0 Å². The number of halogens is 3. The fourth-order valence-electron chi connectivity index (χ4n) is 1.95. The van der Waals surface area contributed by atoms with Gasteiger partial charge in [-0.15, -0.1) is 0 Å². The van der Waals surface area contributed by atoms with Gasteiger partial charge in [0.05, 0.1) is 0 Å². The van der Waals surface area contributed by atoms with Crippen molar-refractivity contribution < 1.29 is 18.0 Å². The van der Waals surface area contributed by atoms with E-state index in [1.54, 1.807) is 18.2 Å². The standard InChI is InChI=1S/C11H11F3N2O/c12-11(13,14)6-10(17)16-4-3-7-5-8(15)1-2-9(7)16/h1-2,5H,3-4,6,15H2. The Hall–Kier alpha value is -1.72. The first-order valence-corrected chi connectivity index (χ1v) is 5.12. The highest BCUT2D eigenvalue weighted by atomic mass is 19.4. The second-order valence-electron chi connectivity index (χ2n) is 3.98. The number of amides is 1. The van der Waals surface area contributed by atoms with Crippen molar-refractivity contribution >= 4 is 17.3 Å². The number of carbonyl (C=O) groups excluding carboxylic acids is 1. The van der Waals surface area contributed by atoms with Crippen molar-refractivity contribution in [2.24, 2.45) is 0 Å². The fourth-order valence-corrected chi connectivity index (χ4v) is 1.95. The largest absolute Gasteiger partial charge is 0.399 e. The van der Waals surface area contributed by atoms with Crippen LogP contribution in [0.5, 0.6) is 0 Å². The SMILES string of the molecule is Nc1ccc2c(c1)CCN2C(=O)CC(F)(F)F. The molecular formula is C11H11F3N2O. The van der Waals surface area contributed by atoms with E-state index >= 15 is 0 Å². The van der Waals surface area contributed by atoms with E-state index in [2.05, 4.69) is 0 Å². The maximum atomic E-state index is 12.1. The minimum Gasteiger partial charge on any atom is -0.399 e. The molecule has 2 N–H and O–H groups in total. The summed E-state index contributed by atoms with van der Waals surface area (Å²) >= 11 is 0. The first-order chi connectivity index (χ1) is 7.87. The van der Waals surface area contributed by atoms with Crippen LogP contribution in [0.1, 0.15) is 12.0 Å². The van der Waals surface area contributed by atoms with Gasteiger partial charge in [-0.05, 0) is 30.2 Å². The molecule has 1 aromatic carbocycles. The summed E-state index contributed by atoms with van der Waals surface area (Å²) in [7, 11) is 0. The molecule has 0 spiro atoms. The Morgan fingerprint density at radius 3 is 2.76 bits per heavy atom. The third kappa shape index (κ3) is 2.51. The zero-order chi connectivity index (χ0) is 12.6. The molecule has 0 unspecified atom stereocenters. The van der Waals surface area contributed by atoms with Gasteiger partial charge in [0.2, 0.25) is 5.91 Å². The highest BCUT2D eigenvalue weighted by Crippen LogP contribution is 2.31. The van der Waals surface area contributed by atoms with Crippen LogP contribution in [0.4, 0.5) is 24.5 Å². The lowest BCUT2D eigenvalue weighted by atomic mass is 10.1. The smallest absolute Gasteiger partial charge is 0.397 e. The quantitative estimate of drug-likeness (QED) is 0.769. The van der Waals surface area contributed by atoms with E-state index < -0.39 is 18.5 Å². The van der Waals surface area contributed by atoms with Crippen LogP contribution in [0.15, 0.2) is 18.2 Å². The van der Waals surface area contributed by atoms with Gasteiger partial charge in [0.25, 0.3) is 0 Å². The van der Waals surface area contributed by atoms with E-state index in [-0.39, 0.29) is 6.54 Å². The lowest BCUT2D eigenvalue weighted by Gasteiger charge is -2.18. The van der Waals surface area contributed by atoms with Crippen molar-refractivity contribution in [2.75, 3.05) is 17.2 Å². The first kappa shape index (κ1) is 11.8. The van der Waals surface area contributed by atoms with Gasteiger partial charge in [-0.25, -0.2) is 0 Å². The Bertz CT molecular complexity index is 457.